The molecule has 0 aliphatic carbocycles. The number of aromatic nitrogens is 1. The Kier molecular flexibility index (Phi) is 6.00. The van der Waals surface area contributed by atoms with Gasteiger partial charge in [-0.15, -0.1) is 0 Å². The van der Waals surface area contributed by atoms with E-state index in [1.165, 1.54) is 0 Å². The van der Waals surface area contributed by atoms with Crippen molar-refractivity contribution in [2.24, 2.45) is 5.10 Å². The lowest BCUT2D eigenvalue weighted by Gasteiger charge is -2.11. The maximum Gasteiger partial charge on any atom is 0.246 e. The standard InChI is InChI=1S/C27H24N2O/c1-2-12-27(30)28-29-25(22-15-8-4-9-16-22)19-24(21-13-6-3-7-14-21)20-26(29)23-17-10-5-11-18-23/h3-11,13-20H,2,12H2,1H3. The number of hydrogen-bond acceptors (Lipinski definition) is 2. The van der Waals surface area contributed by atoms with E-state index in [1.807, 2.05) is 61.5 Å². The zero-order valence-electron chi connectivity index (χ0n) is 17.0. The SMILES string of the molecule is CCC/C([O-])=N/[n+]1c(-c2ccccc2)cc(-c2ccccc2)cc1-c1ccccc1. The first-order chi connectivity index (χ1) is 14.8. The van der Waals surface area contributed by atoms with Crippen LogP contribution in [-0.2, 0) is 0 Å². The number of rotatable bonds is 6. The van der Waals surface area contributed by atoms with Crippen LogP contribution in [0.4, 0.5) is 0 Å². The minimum Gasteiger partial charge on any atom is -0.858 e. The van der Waals surface area contributed by atoms with E-state index in [2.05, 4.69) is 53.6 Å². The molecule has 3 heteroatoms. The molecular formula is C27H24N2O. The van der Waals surface area contributed by atoms with Gasteiger partial charge in [0, 0.05) is 29.2 Å². The Hall–Kier alpha value is -3.72. The van der Waals surface area contributed by atoms with Crippen LogP contribution >= 0.6 is 0 Å². The Labute approximate surface area is 177 Å². The monoisotopic (exact) mass is 392 g/mol. The van der Waals surface area contributed by atoms with Gasteiger partial charge in [0.05, 0.1) is 0 Å². The van der Waals surface area contributed by atoms with Crippen molar-refractivity contribution < 1.29 is 9.78 Å². The molecule has 0 aliphatic heterocycles. The smallest absolute Gasteiger partial charge is 0.246 e. The molecule has 0 fully saturated rings. The summed E-state index contributed by atoms with van der Waals surface area (Å²) < 4.78 is 1.80. The summed E-state index contributed by atoms with van der Waals surface area (Å²) in [4.78, 5) is 0. The van der Waals surface area contributed by atoms with Crippen molar-refractivity contribution in [2.45, 2.75) is 19.8 Å². The van der Waals surface area contributed by atoms with Crippen molar-refractivity contribution in [3.8, 4) is 33.6 Å². The Morgan fingerprint density at radius 1 is 0.667 bits per heavy atom. The van der Waals surface area contributed by atoms with Crippen LogP contribution in [0.25, 0.3) is 33.6 Å². The molecule has 3 aromatic carbocycles. The Bertz CT molecular complexity index is 1080. The van der Waals surface area contributed by atoms with Crippen LogP contribution in [0.5, 0.6) is 0 Å². The molecule has 0 N–H and O–H groups in total. The van der Waals surface area contributed by atoms with Gasteiger partial charge < -0.3 is 5.11 Å². The third-order valence-corrected chi connectivity index (χ3v) is 4.96. The van der Waals surface area contributed by atoms with Crippen LogP contribution in [0.1, 0.15) is 19.8 Å². The molecule has 0 aliphatic rings. The zero-order valence-corrected chi connectivity index (χ0v) is 17.0. The lowest BCUT2D eigenvalue weighted by molar-refractivity contribution is -0.659. The Morgan fingerprint density at radius 3 is 1.53 bits per heavy atom. The molecular weight excluding hydrogens is 368 g/mol. The quantitative estimate of drug-likeness (QED) is 0.249. The minimum atomic E-state index is -0.121. The second kappa shape index (κ2) is 9.19. The summed E-state index contributed by atoms with van der Waals surface area (Å²) in [5, 5.41) is 17.1. The van der Waals surface area contributed by atoms with Crippen LogP contribution in [0.15, 0.2) is 108 Å². The van der Waals surface area contributed by atoms with Crippen molar-refractivity contribution in [3.63, 3.8) is 0 Å². The Balaban J connectivity index is 2.04. The number of pyridine rings is 1. The minimum absolute atomic E-state index is 0.121. The van der Waals surface area contributed by atoms with Gasteiger partial charge in [0.1, 0.15) is 0 Å². The molecule has 0 bridgehead atoms. The number of hydrogen-bond donors (Lipinski definition) is 0. The van der Waals surface area contributed by atoms with Gasteiger partial charge in [-0.05, 0) is 51.6 Å². The number of benzene rings is 3. The van der Waals surface area contributed by atoms with Crippen molar-refractivity contribution in [1.82, 2.24) is 0 Å². The molecule has 4 rings (SSSR count). The van der Waals surface area contributed by atoms with E-state index in [-0.39, 0.29) is 5.90 Å². The fourth-order valence-corrected chi connectivity index (χ4v) is 3.50. The van der Waals surface area contributed by atoms with E-state index in [9.17, 15) is 5.11 Å². The first kappa shape index (κ1) is 19.6. The first-order valence-electron chi connectivity index (χ1n) is 10.3. The molecule has 148 valence electrons. The average Bonchev–Trinajstić information content (AvgIpc) is 2.81. The lowest BCUT2D eigenvalue weighted by Crippen LogP contribution is -2.38. The molecule has 0 unspecified atom stereocenters. The van der Waals surface area contributed by atoms with Gasteiger partial charge in [0.25, 0.3) is 0 Å². The van der Waals surface area contributed by atoms with E-state index < -0.39 is 0 Å². The molecule has 0 atom stereocenters. The maximum absolute atomic E-state index is 12.5. The van der Waals surface area contributed by atoms with Gasteiger partial charge in [-0.25, -0.2) is 0 Å². The van der Waals surface area contributed by atoms with Crippen LogP contribution < -0.4 is 9.78 Å². The van der Waals surface area contributed by atoms with Gasteiger partial charge in [0.2, 0.25) is 11.4 Å². The van der Waals surface area contributed by atoms with Gasteiger partial charge in [0.15, 0.2) is 0 Å². The largest absolute Gasteiger partial charge is 0.858 e. The highest BCUT2D eigenvalue weighted by Gasteiger charge is 2.23. The van der Waals surface area contributed by atoms with Crippen LogP contribution in [0.3, 0.4) is 0 Å². The fourth-order valence-electron chi connectivity index (χ4n) is 3.50. The summed E-state index contributed by atoms with van der Waals surface area (Å²) in [7, 11) is 0. The highest BCUT2D eigenvalue weighted by atomic mass is 16.3. The average molecular weight is 393 g/mol. The molecule has 0 saturated carbocycles. The molecule has 1 aromatic heterocycles. The third-order valence-electron chi connectivity index (χ3n) is 4.96. The van der Waals surface area contributed by atoms with E-state index >= 15 is 0 Å². The second-order valence-electron chi connectivity index (χ2n) is 7.17. The Morgan fingerprint density at radius 2 is 1.10 bits per heavy atom. The summed E-state index contributed by atoms with van der Waals surface area (Å²) in [6.45, 7) is 1.99. The predicted octanol–water partition coefficient (Wildman–Crippen LogP) is 5.30. The molecule has 0 radical (unpaired) electrons. The molecule has 1 heterocycles. The van der Waals surface area contributed by atoms with Crippen molar-refractivity contribution in [1.29, 1.82) is 0 Å². The lowest BCUT2D eigenvalue weighted by atomic mass is 10.00. The third kappa shape index (κ3) is 4.31. The summed E-state index contributed by atoms with van der Waals surface area (Å²) in [5.74, 6) is -0.121. The number of nitrogens with zero attached hydrogens (tertiary/aromatic N) is 2. The molecule has 30 heavy (non-hydrogen) atoms. The molecule has 0 spiro atoms. The molecule has 0 saturated heterocycles. The molecule has 0 amide bonds. The summed E-state index contributed by atoms with van der Waals surface area (Å²) >= 11 is 0. The van der Waals surface area contributed by atoms with Gasteiger partial charge in [-0.1, -0.05) is 80.1 Å². The summed E-state index contributed by atoms with van der Waals surface area (Å²) in [5.41, 5.74) is 6.02. The molecule has 3 nitrogen and oxygen atoms in total. The van der Waals surface area contributed by atoms with E-state index in [1.54, 1.807) is 4.68 Å². The van der Waals surface area contributed by atoms with Crippen molar-refractivity contribution in [2.75, 3.05) is 0 Å². The second-order valence-corrected chi connectivity index (χ2v) is 7.17. The predicted molar refractivity (Wildman–Crippen MR) is 121 cm³/mol. The van der Waals surface area contributed by atoms with E-state index in [4.69, 9.17) is 0 Å². The molecule has 4 aromatic rings. The fraction of sp³-hybridized carbons (Fsp3) is 0.111. The van der Waals surface area contributed by atoms with Crippen molar-refractivity contribution >= 4 is 5.90 Å². The van der Waals surface area contributed by atoms with E-state index in [0.717, 1.165) is 40.1 Å². The highest BCUT2D eigenvalue weighted by Crippen LogP contribution is 2.29. The van der Waals surface area contributed by atoms with Gasteiger partial charge in [-0.2, -0.15) is 0 Å². The van der Waals surface area contributed by atoms with Gasteiger partial charge in [-0.3, -0.25) is 0 Å². The van der Waals surface area contributed by atoms with E-state index in [0.29, 0.717) is 6.42 Å². The maximum atomic E-state index is 12.5. The van der Waals surface area contributed by atoms with Crippen LogP contribution in [0.2, 0.25) is 0 Å². The highest BCUT2D eigenvalue weighted by molar-refractivity contribution is 5.74. The normalized spacial score (nSPS) is 11.4. The zero-order chi connectivity index (χ0) is 20.8. The van der Waals surface area contributed by atoms with Crippen LogP contribution in [-0.4, -0.2) is 5.90 Å². The van der Waals surface area contributed by atoms with Gasteiger partial charge >= 0.3 is 0 Å². The first-order valence-corrected chi connectivity index (χ1v) is 10.3. The summed E-state index contributed by atoms with van der Waals surface area (Å²) in [6.07, 6.45) is 1.20. The van der Waals surface area contributed by atoms with Crippen LogP contribution in [0, 0.1) is 0 Å². The summed E-state index contributed by atoms with van der Waals surface area (Å²) in [6, 6.07) is 34.7. The van der Waals surface area contributed by atoms with Crippen molar-refractivity contribution in [3.05, 3.63) is 103 Å². The topological polar surface area (TPSA) is 39.3 Å².